The predicted molar refractivity (Wildman–Crippen MR) is 90.1 cm³/mol. The molecule has 8 nitrogen and oxygen atoms in total. The van der Waals surface area contributed by atoms with E-state index in [-0.39, 0.29) is 5.71 Å². The molecule has 1 aliphatic heterocycles. The van der Waals surface area contributed by atoms with Crippen molar-refractivity contribution in [3.63, 3.8) is 0 Å². The van der Waals surface area contributed by atoms with Crippen LogP contribution in [0.1, 0.15) is 19.5 Å². The molecule has 1 amide bonds. The average Bonchev–Trinajstić information content (AvgIpc) is 2.95. The molecule has 0 radical (unpaired) electrons. The lowest BCUT2D eigenvalue weighted by atomic mass is 10.1. The normalized spacial score (nSPS) is 15.1. The number of rotatable bonds is 4. The van der Waals surface area contributed by atoms with Crippen LogP contribution in [0.15, 0.2) is 29.5 Å². The van der Waals surface area contributed by atoms with Crippen LogP contribution in [0.3, 0.4) is 0 Å². The first kappa shape index (κ1) is 15.9. The summed E-state index contributed by atoms with van der Waals surface area (Å²) in [5, 5.41) is 3.27. The largest absolute Gasteiger partial charge is 0.493 e. The van der Waals surface area contributed by atoms with E-state index in [1.165, 1.54) is 0 Å². The summed E-state index contributed by atoms with van der Waals surface area (Å²) in [4.78, 5) is 20.3. The maximum absolute atomic E-state index is 11.7. The molecule has 0 saturated heterocycles. The quantitative estimate of drug-likeness (QED) is 0.880. The number of carbonyl (C=O) groups is 1. The van der Waals surface area contributed by atoms with E-state index in [1.807, 2.05) is 30.5 Å². The molecule has 0 aliphatic carbocycles. The number of benzene rings is 1. The molecule has 2 aromatic rings. The maximum atomic E-state index is 11.7. The average molecular weight is 329 g/mol. The second-order valence-corrected chi connectivity index (χ2v) is 5.86. The lowest BCUT2D eigenvalue weighted by Crippen LogP contribution is -2.39. The second kappa shape index (κ2) is 5.55. The number of imidazole rings is 1. The summed E-state index contributed by atoms with van der Waals surface area (Å²) in [7, 11) is 3.15. The third kappa shape index (κ3) is 2.55. The number of anilines is 1. The van der Waals surface area contributed by atoms with Crippen LogP contribution in [-0.2, 0) is 4.79 Å². The van der Waals surface area contributed by atoms with Crippen molar-refractivity contribution < 1.29 is 14.3 Å². The van der Waals surface area contributed by atoms with Crippen LogP contribution in [0.25, 0.3) is 5.69 Å². The predicted octanol–water partition coefficient (Wildman–Crippen LogP) is 1.33. The van der Waals surface area contributed by atoms with Gasteiger partial charge in [0.2, 0.25) is 0 Å². The number of aromatic nitrogens is 2. The van der Waals surface area contributed by atoms with Crippen molar-refractivity contribution >= 4 is 17.4 Å². The Morgan fingerprint density at radius 1 is 1.25 bits per heavy atom. The first-order valence-electron chi connectivity index (χ1n) is 7.34. The fourth-order valence-corrected chi connectivity index (χ4v) is 2.63. The summed E-state index contributed by atoms with van der Waals surface area (Å²) in [6, 6.07) is 5.50. The smallest absolute Gasteiger partial charge is 0.269 e. The summed E-state index contributed by atoms with van der Waals surface area (Å²) < 4.78 is 12.4. The first-order valence-corrected chi connectivity index (χ1v) is 7.34. The topological polar surface area (TPSA) is 104 Å². The number of primary amides is 1. The van der Waals surface area contributed by atoms with E-state index in [1.54, 1.807) is 26.6 Å². The SMILES string of the molecule is COc1ccc(-n2cnc3c2NC(C)(C)N=C3C(N)=O)cc1OC. The van der Waals surface area contributed by atoms with Gasteiger partial charge >= 0.3 is 0 Å². The van der Waals surface area contributed by atoms with Gasteiger partial charge in [-0.15, -0.1) is 0 Å². The van der Waals surface area contributed by atoms with Gasteiger partial charge in [0.15, 0.2) is 17.2 Å². The Morgan fingerprint density at radius 3 is 2.58 bits per heavy atom. The Morgan fingerprint density at radius 2 is 1.96 bits per heavy atom. The van der Waals surface area contributed by atoms with Crippen LogP contribution in [0, 0.1) is 0 Å². The summed E-state index contributed by atoms with van der Waals surface area (Å²) in [6.07, 6.45) is 1.61. The number of nitrogens with two attached hydrogens (primary N) is 1. The minimum Gasteiger partial charge on any atom is -0.493 e. The zero-order valence-electron chi connectivity index (χ0n) is 14.0. The molecule has 0 spiro atoms. The zero-order chi connectivity index (χ0) is 17.5. The van der Waals surface area contributed by atoms with Gasteiger partial charge in [-0.2, -0.15) is 0 Å². The molecule has 126 valence electrons. The van der Waals surface area contributed by atoms with Crippen molar-refractivity contribution in [2.75, 3.05) is 19.5 Å². The number of fused-ring (bicyclic) bond motifs is 1. The fraction of sp³-hybridized carbons (Fsp3) is 0.312. The monoisotopic (exact) mass is 329 g/mol. The first-order chi connectivity index (χ1) is 11.4. The fourth-order valence-electron chi connectivity index (χ4n) is 2.63. The molecule has 1 aromatic heterocycles. The summed E-state index contributed by atoms with van der Waals surface area (Å²) >= 11 is 0. The van der Waals surface area contributed by atoms with E-state index in [0.29, 0.717) is 23.0 Å². The minimum absolute atomic E-state index is 0.160. The van der Waals surface area contributed by atoms with Crippen molar-refractivity contribution in [2.24, 2.45) is 10.7 Å². The number of nitrogens with one attached hydrogen (secondary N) is 1. The molecule has 0 unspecified atom stereocenters. The van der Waals surface area contributed by atoms with Crippen molar-refractivity contribution in [3.8, 4) is 17.2 Å². The van der Waals surface area contributed by atoms with Gasteiger partial charge in [0, 0.05) is 6.07 Å². The Hall–Kier alpha value is -3.03. The number of hydrogen-bond donors (Lipinski definition) is 2. The third-order valence-corrected chi connectivity index (χ3v) is 3.69. The highest BCUT2D eigenvalue weighted by Gasteiger charge is 2.32. The van der Waals surface area contributed by atoms with Crippen LogP contribution in [0.2, 0.25) is 0 Å². The Balaban J connectivity index is 2.14. The summed E-state index contributed by atoms with van der Waals surface area (Å²) in [5.41, 5.74) is 6.17. The number of aliphatic imine (C=N–C) groups is 1. The number of amides is 1. The Labute approximate surface area is 139 Å². The Bertz CT molecular complexity index is 838. The zero-order valence-corrected chi connectivity index (χ0v) is 14.0. The number of methoxy groups -OCH3 is 2. The van der Waals surface area contributed by atoms with Crippen LogP contribution in [0.5, 0.6) is 11.5 Å². The summed E-state index contributed by atoms with van der Waals surface area (Å²) in [5.74, 6) is 1.26. The van der Waals surface area contributed by atoms with Gasteiger partial charge in [-0.1, -0.05) is 0 Å². The van der Waals surface area contributed by atoms with Crippen molar-refractivity contribution in [1.29, 1.82) is 0 Å². The molecule has 0 bridgehead atoms. The van der Waals surface area contributed by atoms with E-state index < -0.39 is 11.6 Å². The third-order valence-electron chi connectivity index (χ3n) is 3.69. The molecule has 8 heteroatoms. The van der Waals surface area contributed by atoms with Gasteiger partial charge in [-0.3, -0.25) is 9.36 Å². The molecule has 1 aliphatic rings. The van der Waals surface area contributed by atoms with E-state index in [9.17, 15) is 4.79 Å². The van der Waals surface area contributed by atoms with E-state index in [4.69, 9.17) is 15.2 Å². The highest BCUT2D eigenvalue weighted by atomic mass is 16.5. The lowest BCUT2D eigenvalue weighted by Gasteiger charge is -2.29. The number of ether oxygens (including phenoxy) is 2. The molecule has 1 aromatic carbocycles. The highest BCUT2D eigenvalue weighted by Crippen LogP contribution is 2.33. The standard InChI is InChI=1S/C16H19N5O3/c1-16(2)19-12(14(17)22)13-15(20-16)21(8-18-13)9-5-6-10(23-3)11(7-9)24-4/h5-8,20H,1-4H3,(H2,17,22). The van der Waals surface area contributed by atoms with Crippen molar-refractivity contribution in [1.82, 2.24) is 9.55 Å². The van der Waals surface area contributed by atoms with Crippen LogP contribution in [0.4, 0.5) is 5.82 Å². The van der Waals surface area contributed by atoms with E-state index in [2.05, 4.69) is 15.3 Å². The maximum Gasteiger partial charge on any atom is 0.269 e. The van der Waals surface area contributed by atoms with Crippen LogP contribution < -0.4 is 20.5 Å². The lowest BCUT2D eigenvalue weighted by molar-refractivity contribution is -0.112. The molecule has 0 saturated carbocycles. The van der Waals surface area contributed by atoms with Crippen molar-refractivity contribution in [3.05, 3.63) is 30.2 Å². The van der Waals surface area contributed by atoms with Crippen LogP contribution in [-0.4, -0.2) is 41.1 Å². The van der Waals surface area contributed by atoms with Gasteiger partial charge in [-0.05, 0) is 26.0 Å². The number of carbonyl (C=O) groups excluding carboxylic acids is 1. The van der Waals surface area contributed by atoms with E-state index in [0.717, 1.165) is 5.69 Å². The molecule has 0 atom stereocenters. The van der Waals surface area contributed by atoms with E-state index >= 15 is 0 Å². The van der Waals surface area contributed by atoms with Gasteiger partial charge in [0.05, 0.1) is 19.9 Å². The van der Waals surface area contributed by atoms with Crippen molar-refractivity contribution in [2.45, 2.75) is 19.5 Å². The number of hydrogen-bond acceptors (Lipinski definition) is 6. The molecule has 2 heterocycles. The van der Waals surface area contributed by atoms with Gasteiger partial charge in [0.25, 0.3) is 5.91 Å². The highest BCUT2D eigenvalue weighted by molar-refractivity contribution is 6.45. The van der Waals surface area contributed by atoms with Crippen LogP contribution >= 0.6 is 0 Å². The molecule has 24 heavy (non-hydrogen) atoms. The van der Waals surface area contributed by atoms with Gasteiger partial charge in [-0.25, -0.2) is 9.98 Å². The molecule has 0 fully saturated rings. The number of nitrogens with zero attached hydrogens (tertiary/aromatic N) is 3. The molecular formula is C16H19N5O3. The molecule has 3 rings (SSSR count). The minimum atomic E-state index is -0.675. The van der Waals surface area contributed by atoms with Gasteiger partial charge < -0.3 is 20.5 Å². The molecular weight excluding hydrogens is 310 g/mol. The van der Waals surface area contributed by atoms with Gasteiger partial charge in [0.1, 0.15) is 23.5 Å². The second-order valence-electron chi connectivity index (χ2n) is 5.86. The Kier molecular flexibility index (Phi) is 3.67. The summed E-state index contributed by atoms with van der Waals surface area (Å²) in [6.45, 7) is 3.70. The molecule has 3 N–H and O–H groups in total.